The first-order valence-electron chi connectivity index (χ1n) is 10.2. The summed E-state index contributed by atoms with van der Waals surface area (Å²) in [6, 6.07) is 18.9. The molecule has 5 rings (SSSR count). The Morgan fingerprint density at radius 2 is 1.71 bits per heavy atom. The van der Waals surface area contributed by atoms with Crippen molar-refractivity contribution in [2.45, 2.75) is 18.8 Å². The third-order valence-electron chi connectivity index (χ3n) is 5.96. The number of carbonyl (C=O) groups excluding carboxylic acids is 1. The predicted molar refractivity (Wildman–Crippen MR) is 118 cm³/mol. The molecule has 156 valence electrons. The molecule has 4 aromatic rings. The summed E-state index contributed by atoms with van der Waals surface area (Å²) in [5, 5.41) is 3.68. The highest BCUT2D eigenvalue weighted by molar-refractivity contribution is 6.03. The van der Waals surface area contributed by atoms with Gasteiger partial charge in [-0.3, -0.25) is 9.59 Å². The van der Waals surface area contributed by atoms with Crippen molar-refractivity contribution in [2.75, 3.05) is 13.1 Å². The minimum absolute atomic E-state index is 0.0696. The highest BCUT2D eigenvalue weighted by atomic mass is 19.3. The average molecular weight is 418 g/mol. The van der Waals surface area contributed by atoms with E-state index in [9.17, 15) is 18.4 Å². The Hall–Kier alpha value is -3.54. The summed E-state index contributed by atoms with van der Waals surface area (Å²) in [5.74, 6) is -2.90. The molecule has 0 saturated carbocycles. The van der Waals surface area contributed by atoms with Crippen LogP contribution in [0.4, 0.5) is 8.78 Å². The maximum Gasteiger partial charge on any atom is 0.253 e. The van der Waals surface area contributed by atoms with Crippen molar-refractivity contribution in [3.63, 3.8) is 0 Å². The number of H-pyrrole nitrogens is 1. The Kier molecular flexibility index (Phi) is 4.58. The number of fused-ring (bicyclic) bond motifs is 2. The number of nitrogens with zero attached hydrogens (tertiary/aromatic N) is 1. The second-order valence-electron chi connectivity index (χ2n) is 8.03. The number of aromatic nitrogens is 1. The van der Waals surface area contributed by atoms with Crippen LogP contribution in [-0.4, -0.2) is 34.8 Å². The van der Waals surface area contributed by atoms with E-state index in [1.165, 1.54) is 4.90 Å². The minimum atomic E-state index is -2.68. The molecule has 3 aromatic carbocycles. The number of hydrogen-bond donors (Lipinski definition) is 1. The highest BCUT2D eigenvalue weighted by Gasteiger charge is 2.35. The molecular formula is C25H20F2N2O2. The number of nitrogens with one attached hydrogen (secondary N) is 1. The van der Waals surface area contributed by atoms with Crippen LogP contribution in [0.3, 0.4) is 0 Å². The molecule has 1 aliphatic heterocycles. The number of rotatable bonds is 2. The van der Waals surface area contributed by atoms with Crippen LogP contribution < -0.4 is 5.56 Å². The molecule has 1 fully saturated rings. The third kappa shape index (κ3) is 3.69. The van der Waals surface area contributed by atoms with E-state index in [1.807, 2.05) is 48.5 Å². The van der Waals surface area contributed by atoms with E-state index in [4.69, 9.17) is 0 Å². The Balaban J connectivity index is 1.51. The lowest BCUT2D eigenvalue weighted by molar-refractivity contribution is -0.0494. The number of alkyl halides is 2. The Bertz CT molecular complexity index is 1370. The Labute approximate surface area is 177 Å². The molecule has 1 N–H and O–H groups in total. The van der Waals surface area contributed by atoms with Crippen LogP contribution in [0.2, 0.25) is 0 Å². The Morgan fingerprint density at radius 3 is 2.52 bits per heavy atom. The summed E-state index contributed by atoms with van der Waals surface area (Å²) in [6.07, 6.45) is 1.11. The lowest BCUT2D eigenvalue weighted by atomic mass is 9.95. The normalized spacial score (nSPS) is 16.0. The van der Waals surface area contributed by atoms with Gasteiger partial charge in [-0.2, -0.15) is 0 Å². The van der Waals surface area contributed by atoms with Crippen LogP contribution in [0.5, 0.6) is 0 Å². The topological polar surface area (TPSA) is 53.2 Å². The van der Waals surface area contributed by atoms with Gasteiger partial charge in [-0.25, -0.2) is 8.78 Å². The van der Waals surface area contributed by atoms with Gasteiger partial charge in [0.2, 0.25) is 5.56 Å². The van der Waals surface area contributed by atoms with Crippen molar-refractivity contribution >= 4 is 27.5 Å². The minimum Gasteiger partial charge on any atom is -0.338 e. The van der Waals surface area contributed by atoms with Crippen molar-refractivity contribution in [2.24, 2.45) is 0 Å². The van der Waals surface area contributed by atoms with Crippen molar-refractivity contribution < 1.29 is 13.6 Å². The molecule has 6 heteroatoms. The number of likely N-dealkylation sites (tertiary alicyclic amines) is 1. The number of halogens is 2. The number of benzene rings is 3. The van der Waals surface area contributed by atoms with Crippen LogP contribution in [0.25, 0.3) is 32.7 Å². The molecule has 2 heterocycles. The predicted octanol–water partition coefficient (Wildman–Crippen LogP) is 5.22. The molecule has 1 aromatic heterocycles. The Morgan fingerprint density at radius 1 is 0.903 bits per heavy atom. The molecule has 1 amide bonds. The summed E-state index contributed by atoms with van der Waals surface area (Å²) in [4.78, 5) is 28.7. The van der Waals surface area contributed by atoms with Crippen molar-refractivity contribution in [1.29, 1.82) is 0 Å². The van der Waals surface area contributed by atoms with E-state index in [1.54, 1.807) is 18.3 Å². The smallest absolute Gasteiger partial charge is 0.253 e. The van der Waals surface area contributed by atoms with Crippen LogP contribution in [-0.2, 0) is 0 Å². The van der Waals surface area contributed by atoms with E-state index in [0.29, 0.717) is 5.56 Å². The zero-order chi connectivity index (χ0) is 21.6. The van der Waals surface area contributed by atoms with Crippen LogP contribution in [0.15, 0.2) is 71.7 Å². The lowest BCUT2D eigenvalue weighted by Gasteiger charge is -2.31. The molecule has 0 spiro atoms. The standard InChI is InChI=1S/C25H20F2N2O2/c26-25(27)8-10-29(11-9-25)24(31)18-6-7-22-16(12-18)2-1-3-21(22)17-4-5-19-15-28-23(30)14-20(19)13-17/h1-7,12-15H,8-11H2,(H,28,30). The molecule has 1 aliphatic rings. The van der Waals surface area contributed by atoms with Gasteiger partial charge in [0, 0.05) is 43.8 Å². The van der Waals surface area contributed by atoms with Gasteiger partial charge in [0.1, 0.15) is 0 Å². The number of aromatic amines is 1. The van der Waals surface area contributed by atoms with Gasteiger partial charge >= 0.3 is 0 Å². The van der Waals surface area contributed by atoms with Crippen LogP contribution in [0, 0.1) is 0 Å². The molecule has 0 aliphatic carbocycles. The summed E-state index contributed by atoms with van der Waals surface area (Å²) in [6.45, 7) is 0.139. The molecule has 1 saturated heterocycles. The highest BCUT2D eigenvalue weighted by Crippen LogP contribution is 2.32. The summed E-state index contributed by atoms with van der Waals surface area (Å²) in [5.41, 5.74) is 2.32. The van der Waals surface area contributed by atoms with E-state index >= 15 is 0 Å². The lowest BCUT2D eigenvalue weighted by Crippen LogP contribution is -2.42. The number of piperidine rings is 1. The quantitative estimate of drug-likeness (QED) is 0.485. The largest absolute Gasteiger partial charge is 0.338 e. The zero-order valence-corrected chi connectivity index (χ0v) is 16.7. The summed E-state index contributed by atoms with van der Waals surface area (Å²) in [7, 11) is 0. The summed E-state index contributed by atoms with van der Waals surface area (Å²) < 4.78 is 26.8. The number of pyridine rings is 1. The fraction of sp³-hybridized carbons (Fsp3) is 0.200. The molecule has 0 bridgehead atoms. The SMILES string of the molecule is O=C(c1ccc2c(-c3ccc4c[nH]c(=O)cc4c3)cccc2c1)N1CCC(F)(F)CC1. The number of carbonyl (C=O) groups is 1. The van der Waals surface area contributed by atoms with Gasteiger partial charge < -0.3 is 9.88 Å². The third-order valence-corrected chi connectivity index (χ3v) is 5.96. The van der Waals surface area contributed by atoms with Crippen molar-refractivity contribution in [3.05, 3.63) is 82.8 Å². The first kappa shape index (κ1) is 19.4. The fourth-order valence-electron chi connectivity index (χ4n) is 4.22. The van der Waals surface area contributed by atoms with Crippen molar-refractivity contribution in [1.82, 2.24) is 9.88 Å². The number of hydrogen-bond acceptors (Lipinski definition) is 2. The van der Waals surface area contributed by atoms with Crippen LogP contribution in [0.1, 0.15) is 23.2 Å². The van der Waals surface area contributed by atoms with Gasteiger partial charge in [0.15, 0.2) is 0 Å². The van der Waals surface area contributed by atoms with Crippen LogP contribution >= 0.6 is 0 Å². The number of amides is 1. The first-order chi connectivity index (χ1) is 14.9. The van der Waals surface area contributed by atoms with Gasteiger partial charge in [-0.1, -0.05) is 36.4 Å². The summed E-state index contributed by atoms with van der Waals surface area (Å²) >= 11 is 0. The molecule has 0 radical (unpaired) electrons. The van der Waals surface area contributed by atoms with Gasteiger partial charge in [0.25, 0.3) is 11.8 Å². The molecule has 0 unspecified atom stereocenters. The van der Waals surface area contributed by atoms with E-state index in [0.717, 1.165) is 32.7 Å². The van der Waals surface area contributed by atoms with Gasteiger partial charge in [0.05, 0.1) is 0 Å². The molecular weight excluding hydrogens is 398 g/mol. The van der Waals surface area contributed by atoms with E-state index in [2.05, 4.69) is 4.98 Å². The monoisotopic (exact) mass is 418 g/mol. The van der Waals surface area contributed by atoms with E-state index in [-0.39, 0.29) is 37.4 Å². The fourth-order valence-corrected chi connectivity index (χ4v) is 4.22. The van der Waals surface area contributed by atoms with Gasteiger partial charge in [-0.05, 0) is 50.9 Å². The zero-order valence-electron chi connectivity index (χ0n) is 16.7. The maximum atomic E-state index is 13.4. The maximum absolute atomic E-state index is 13.4. The van der Waals surface area contributed by atoms with Gasteiger partial charge in [-0.15, -0.1) is 0 Å². The second kappa shape index (κ2) is 7.30. The molecule has 0 atom stereocenters. The second-order valence-corrected chi connectivity index (χ2v) is 8.03. The van der Waals surface area contributed by atoms with Crippen molar-refractivity contribution in [3.8, 4) is 11.1 Å². The van der Waals surface area contributed by atoms with E-state index < -0.39 is 5.92 Å². The molecule has 31 heavy (non-hydrogen) atoms. The first-order valence-corrected chi connectivity index (χ1v) is 10.2. The molecule has 4 nitrogen and oxygen atoms in total. The average Bonchev–Trinajstić information content (AvgIpc) is 2.77.